The predicted octanol–water partition coefficient (Wildman–Crippen LogP) is 4.54. The van der Waals surface area contributed by atoms with Crippen molar-refractivity contribution in [3.05, 3.63) is 103 Å². The Balaban J connectivity index is 1.94. The van der Waals surface area contributed by atoms with Gasteiger partial charge in [0.15, 0.2) is 9.84 Å². The molecule has 3 aromatic rings. The van der Waals surface area contributed by atoms with E-state index in [0.29, 0.717) is 16.2 Å². The summed E-state index contributed by atoms with van der Waals surface area (Å²) in [4.78, 5) is 12.6. The number of hydrogen-bond acceptors (Lipinski definition) is 6. The Morgan fingerprint density at radius 1 is 1.05 bits per heavy atom. The Hall–Kier alpha value is -3.44. The van der Waals surface area contributed by atoms with Crippen LogP contribution < -0.4 is 5.14 Å². The summed E-state index contributed by atoms with van der Waals surface area (Å²) in [6.45, 7) is 11.4. The minimum absolute atomic E-state index is 0.0437. The van der Waals surface area contributed by atoms with Crippen molar-refractivity contribution in [3.63, 3.8) is 0 Å². The number of carbonyl (C=O) groups is 1. The molecular formula is C28H32N2O6S2. The third-order valence-electron chi connectivity index (χ3n) is 5.90. The molecule has 1 atom stereocenters. The van der Waals surface area contributed by atoms with Crippen LogP contribution in [-0.2, 0) is 37.6 Å². The van der Waals surface area contributed by atoms with E-state index in [0.717, 1.165) is 16.7 Å². The molecule has 0 aliphatic heterocycles. The van der Waals surface area contributed by atoms with Crippen LogP contribution in [0.4, 0.5) is 0 Å². The molecule has 2 N–H and O–H groups in total. The number of allylic oxidation sites excluding steroid dienone is 2. The molecule has 0 aliphatic carbocycles. The van der Waals surface area contributed by atoms with E-state index in [1.807, 2.05) is 30.3 Å². The maximum absolute atomic E-state index is 13.8. The number of carbonyl (C=O) groups excluding carboxylic acids is 1. The van der Waals surface area contributed by atoms with Crippen LogP contribution in [0.15, 0.2) is 94.8 Å². The Labute approximate surface area is 224 Å². The minimum atomic E-state index is -3.33. The van der Waals surface area contributed by atoms with Gasteiger partial charge in [0.05, 0.1) is 27.9 Å². The molecule has 10 heteroatoms. The summed E-state index contributed by atoms with van der Waals surface area (Å²) in [5.74, 6) is -0.156. The monoisotopic (exact) mass is 556 g/mol. The standard InChI is InChI=1S/C28H32N2O6S2/c1-6-20(3)21(4)38(29,34)30(19-25-15-16-27(36-25)28(31)35-7-2)18-22-11-13-23(14-12-22)24-9-8-10-26(17-24)37(5,32)33/h6,8-17H,1,3,7,18-19H2,2,4-5H3,(H2,29,34). The van der Waals surface area contributed by atoms with Crippen molar-refractivity contribution < 1.29 is 26.6 Å². The van der Waals surface area contributed by atoms with Crippen LogP contribution in [0.3, 0.4) is 0 Å². The number of furan rings is 1. The van der Waals surface area contributed by atoms with Crippen LogP contribution in [0.1, 0.15) is 35.7 Å². The predicted molar refractivity (Wildman–Crippen MR) is 151 cm³/mol. The van der Waals surface area contributed by atoms with E-state index in [4.69, 9.17) is 14.3 Å². The Morgan fingerprint density at radius 3 is 2.34 bits per heavy atom. The largest absolute Gasteiger partial charge is 0.460 e. The third kappa shape index (κ3) is 6.90. The van der Waals surface area contributed by atoms with E-state index < -0.39 is 25.7 Å². The zero-order valence-electron chi connectivity index (χ0n) is 21.7. The highest BCUT2D eigenvalue weighted by molar-refractivity contribution is 7.98. The number of sulfone groups is 1. The van der Waals surface area contributed by atoms with Gasteiger partial charge in [-0.3, -0.25) is 0 Å². The Bertz CT molecular complexity index is 1580. The lowest BCUT2D eigenvalue weighted by molar-refractivity contribution is 0.0487. The van der Waals surface area contributed by atoms with Crippen LogP contribution >= 0.6 is 0 Å². The van der Waals surface area contributed by atoms with E-state index in [1.54, 1.807) is 42.4 Å². The van der Waals surface area contributed by atoms with Gasteiger partial charge in [0.25, 0.3) is 0 Å². The lowest BCUT2D eigenvalue weighted by Gasteiger charge is -2.26. The van der Waals surface area contributed by atoms with E-state index in [-0.39, 0.29) is 30.4 Å². The number of nitrogens with two attached hydrogens (primary N) is 1. The maximum Gasteiger partial charge on any atom is 0.374 e. The van der Waals surface area contributed by atoms with Crippen LogP contribution in [0.2, 0.25) is 0 Å². The van der Waals surface area contributed by atoms with Gasteiger partial charge in [-0.15, -0.1) is 0 Å². The fourth-order valence-corrected chi connectivity index (χ4v) is 5.81. The molecule has 0 aliphatic rings. The molecule has 0 spiro atoms. The third-order valence-corrected chi connectivity index (χ3v) is 9.17. The molecule has 0 amide bonds. The molecule has 1 unspecified atom stereocenters. The molecule has 0 fully saturated rings. The molecule has 3 rings (SSSR count). The van der Waals surface area contributed by atoms with Crippen molar-refractivity contribution in [1.82, 2.24) is 4.31 Å². The normalized spacial score (nSPS) is 13.1. The maximum atomic E-state index is 13.8. The molecule has 38 heavy (non-hydrogen) atoms. The SMILES string of the molecule is C=CC(=C)C(C)=S(N)(=O)N(Cc1ccc(-c2cccc(S(C)(=O)=O)c2)cc1)Cc1ccc(C(=O)OCC)o1. The van der Waals surface area contributed by atoms with Crippen LogP contribution in [0.25, 0.3) is 11.1 Å². The lowest BCUT2D eigenvalue weighted by Crippen LogP contribution is -2.40. The van der Waals surface area contributed by atoms with Gasteiger partial charge in [0, 0.05) is 17.7 Å². The Kier molecular flexibility index (Phi) is 9.16. The summed E-state index contributed by atoms with van der Waals surface area (Å²) in [5.41, 5.74) is 2.84. The van der Waals surface area contributed by atoms with Crippen molar-refractivity contribution in [2.24, 2.45) is 5.14 Å². The molecule has 0 bridgehead atoms. The summed E-state index contributed by atoms with van der Waals surface area (Å²) in [5, 5.41) is 6.39. The van der Waals surface area contributed by atoms with E-state index in [1.165, 1.54) is 18.4 Å². The number of nitrogens with zero attached hydrogens (tertiary/aromatic N) is 1. The van der Waals surface area contributed by atoms with Crippen molar-refractivity contribution >= 4 is 30.6 Å². The minimum Gasteiger partial charge on any atom is -0.460 e. The zero-order chi connectivity index (χ0) is 28.1. The molecule has 2 aromatic carbocycles. The zero-order valence-corrected chi connectivity index (χ0v) is 23.3. The van der Waals surface area contributed by atoms with Crippen LogP contribution in [-0.4, -0.2) is 40.6 Å². The molecule has 1 aromatic heterocycles. The highest BCUT2D eigenvalue weighted by Gasteiger charge is 2.22. The smallest absolute Gasteiger partial charge is 0.374 e. The summed E-state index contributed by atoms with van der Waals surface area (Å²) in [6, 6.07) is 17.3. The number of rotatable bonds is 11. The Morgan fingerprint density at radius 2 is 1.74 bits per heavy atom. The first-order valence-corrected chi connectivity index (χ1v) is 15.2. The highest BCUT2D eigenvalue weighted by atomic mass is 32.2. The molecule has 0 saturated carbocycles. The quantitative estimate of drug-likeness (QED) is 0.160. The van der Waals surface area contributed by atoms with Gasteiger partial charge in [0.2, 0.25) is 5.76 Å². The molecule has 8 nitrogen and oxygen atoms in total. The first-order chi connectivity index (χ1) is 17.9. The fourth-order valence-electron chi connectivity index (χ4n) is 3.63. The van der Waals surface area contributed by atoms with Crippen molar-refractivity contribution in [2.75, 3.05) is 12.9 Å². The van der Waals surface area contributed by atoms with Gasteiger partial charge in [0.1, 0.15) is 5.76 Å². The van der Waals surface area contributed by atoms with Gasteiger partial charge in [-0.1, -0.05) is 55.6 Å². The van der Waals surface area contributed by atoms with E-state index >= 15 is 0 Å². The number of esters is 1. The second-order valence-electron chi connectivity index (χ2n) is 8.64. The average molecular weight is 557 g/mol. The molecular weight excluding hydrogens is 524 g/mol. The number of benzene rings is 2. The van der Waals surface area contributed by atoms with Crippen LogP contribution in [0.5, 0.6) is 0 Å². The second kappa shape index (κ2) is 12.0. The van der Waals surface area contributed by atoms with Gasteiger partial charge < -0.3 is 9.15 Å². The van der Waals surface area contributed by atoms with Gasteiger partial charge in [-0.25, -0.2) is 26.9 Å². The topological polar surface area (TPSA) is 120 Å². The summed E-state index contributed by atoms with van der Waals surface area (Å²) in [6.07, 6.45) is 2.66. The molecule has 1 heterocycles. The van der Waals surface area contributed by atoms with Crippen molar-refractivity contribution in [1.29, 1.82) is 0 Å². The molecule has 202 valence electrons. The molecule has 0 saturated heterocycles. The van der Waals surface area contributed by atoms with Gasteiger partial charge >= 0.3 is 5.97 Å². The number of hydrogen-bond donors (Lipinski definition) is 1. The van der Waals surface area contributed by atoms with Gasteiger partial charge in [-0.2, -0.15) is 0 Å². The van der Waals surface area contributed by atoms with Crippen molar-refractivity contribution in [2.45, 2.75) is 31.8 Å². The van der Waals surface area contributed by atoms with Crippen LogP contribution in [0, 0.1) is 0 Å². The number of ether oxygens (including phenoxy) is 1. The summed E-state index contributed by atoms with van der Waals surface area (Å²) >= 11 is 0. The van der Waals surface area contributed by atoms with E-state index in [2.05, 4.69) is 13.2 Å². The van der Waals surface area contributed by atoms with Gasteiger partial charge in [-0.05, 0) is 60.4 Å². The lowest BCUT2D eigenvalue weighted by atomic mass is 10.0. The second-order valence-corrected chi connectivity index (χ2v) is 12.9. The summed E-state index contributed by atoms with van der Waals surface area (Å²) < 4.78 is 49.9. The van der Waals surface area contributed by atoms with Crippen molar-refractivity contribution in [3.8, 4) is 11.1 Å². The average Bonchev–Trinajstić information content (AvgIpc) is 3.36. The first kappa shape index (κ1) is 29.1. The highest BCUT2D eigenvalue weighted by Crippen LogP contribution is 2.24. The summed E-state index contributed by atoms with van der Waals surface area (Å²) in [7, 11) is -6.56. The molecule has 0 radical (unpaired) electrons. The van der Waals surface area contributed by atoms with E-state index in [9.17, 15) is 17.4 Å². The first-order valence-electron chi connectivity index (χ1n) is 11.7. The fraction of sp³-hybridized carbons (Fsp3) is 0.214.